The molecule has 0 saturated heterocycles. The highest BCUT2D eigenvalue weighted by molar-refractivity contribution is 7.89. The summed E-state index contributed by atoms with van der Waals surface area (Å²) < 4.78 is 45.1. The van der Waals surface area contributed by atoms with Crippen LogP contribution >= 0.6 is 12.4 Å². The maximum absolute atomic E-state index is 13.6. The first-order valence-electron chi connectivity index (χ1n) is 6.36. The number of nitrogens with two attached hydrogens (primary N) is 1. The van der Waals surface area contributed by atoms with Crippen molar-refractivity contribution < 1.29 is 17.5 Å². The van der Waals surface area contributed by atoms with Gasteiger partial charge in [0.25, 0.3) is 0 Å². The second-order valence-corrected chi connectivity index (χ2v) is 6.69. The van der Waals surface area contributed by atoms with Crippen molar-refractivity contribution in [3.05, 3.63) is 24.0 Å². The van der Waals surface area contributed by atoms with Gasteiger partial charge >= 0.3 is 0 Å². The zero-order chi connectivity index (χ0) is 15.3. The molecule has 1 aromatic carbocycles. The predicted octanol–water partition coefficient (Wildman–Crippen LogP) is 1.91. The Bertz CT molecular complexity index is 552. The van der Waals surface area contributed by atoms with Gasteiger partial charge in [-0.1, -0.05) is 13.8 Å². The van der Waals surface area contributed by atoms with E-state index in [2.05, 4.69) is 4.72 Å². The van der Waals surface area contributed by atoms with E-state index < -0.39 is 15.8 Å². The Hall–Kier alpha value is -0.890. The van der Waals surface area contributed by atoms with Crippen LogP contribution < -0.4 is 15.2 Å². The molecule has 0 amide bonds. The van der Waals surface area contributed by atoms with E-state index in [1.54, 1.807) is 0 Å². The van der Waals surface area contributed by atoms with E-state index in [1.807, 2.05) is 13.8 Å². The quantitative estimate of drug-likeness (QED) is 0.794. The maximum atomic E-state index is 13.6. The molecule has 0 bridgehead atoms. The van der Waals surface area contributed by atoms with Gasteiger partial charge in [0, 0.05) is 12.6 Å². The second kappa shape index (κ2) is 8.53. The first-order valence-corrected chi connectivity index (χ1v) is 7.84. The Kier molecular flexibility index (Phi) is 8.17. The molecule has 0 radical (unpaired) electrons. The van der Waals surface area contributed by atoms with Gasteiger partial charge in [-0.05, 0) is 30.5 Å². The Balaban J connectivity index is 0.00000400. The number of rotatable bonds is 7. The number of hydrogen-bond acceptors (Lipinski definition) is 4. The molecule has 21 heavy (non-hydrogen) atoms. The van der Waals surface area contributed by atoms with Crippen LogP contribution in [0, 0.1) is 11.7 Å². The van der Waals surface area contributed by atoms with E-state index in [0.717, 1.165) is 6.07 Å². The second-order valence-electron chi connectivity index (χ2n) is 4.98. The summed E-state index contributed by atoms with van der Waals surface area (Å²) in [5.41, 5.74) is 5.56. The van der Waals surface area contributed by atoms with Crippen molar-refractivity contribution in [2.75, 3.05) is 13.7 Å². The minimum Gasteiger partial charge on any atom is -0.494 e. The van der Waals surface area contributed by atoms with Crippen LogP contribution in [0.1, 0.15) is 20.3 Å². The van der Waals surface area contributed by atoms with Crippen molar-refractivity contribution >= 4 is 22.4 Å². The highest BCUT2D eigenvalue weighted by atomic mass is 35.5. The van der Waals surface area contributed by atoms with Gasteiger partial charge < -0.3 is 10.5 Å². The highest BCUT2D eigenvalue weighted by Crippen LogP contribution is 2.21. The van der Waals surface area contributed by atoms with Gasteiger partial charge in [-0.3, -0.25) is 0 Å². The molecule has 0 aliphatic carbocycles. The monoisotopic (exact) mass is 340 g/mol. The fourth-order valence-corrected chi connectivity index (χ4v) is 3.14. The van der Waals surface area contributed by atoms with E-state index in [4.69, 9.17) is 10.5 Å². The summed E-state index contributed by atoms with van der Waals surface area (Å²) in [5.74, 6) is -0.413. The molecule has 8 heteroatoms. The van der Waals surface area contributed by atoms with Crippen LogP contribution in [0.5, 0.6) is 5.75 Å². The summed E-state index contributed by atoms with van der Waals surface area (Å²) >= 11 is 0. The molecular weight excluding hydrogens is 319 g/mol. The standard InChI is InChI=1S/C13H21FN2O3S.ClH/c1-9(2)6-10(8-15)16-20(17,18)11-4-5-13(19-3)12(14)7-11;/h4-5,7,9-10,16H,6,8,15H2,1-3H3;1H. The summed E-state index contributed by atoms with van der Waals surface area (Å²) in [5, 5.41) is 0. The Morgan fingerprint density at radius 3 is 2.43 bits per heavy atom. The van der Waals surface area contributed by atoms with Crippen LogP contribution in [-0.2, 0) is 10.0 Å². The van der Waals surface area contributed by atoms with Crippen LogP contribution in [-0.4, -0.2) is 28.1 Å². The SMILES string of the molecule is COc1ccc(S(=O)(=O)NC(CN)CC(C)C)cc1F.Cl. The molecule has 1 atom stereocenters. The molecule has 5 nitrogen and oxygen atoms in total. The third kappa shape index (κ3) is 5.78. The molecule has 1 unspecified atom stereocenters. The van der Waals surface area contributed by atoms with Gasteiger partial charge in [-0.25, -0.2) is 17.5 Å². The number of methoxy groups -OCH3 is 1. The van der Waals surface area contributed by atoms with Crippen molar-refractivity contribution in [3.63, 3.8) is 0 Å². The molecule has 3 N–H and O–H groups in total. The van der Waals surface area contributed by atoms with Crippen LogP contribution in [0.25, 0.3) is 0 Å². The molecule has 0 aliphatic heterocycles. The third-order valence-electron chi connectivity index (χ3n) is 2.80. The summed E-state index contributed by atoms with van der Waals surface area (Å²) in [4.78, 5) is -0.141. The molecule has 0 saturated carbocycles. The smallest absolute Gasteiger partial charge is 0.240 e. The molecule has 1 aromatic rings. The van der Waals surface area contributed by atoms with Gasteiger partial charge in [0.2, 0.25) is 10.0 Å². The molecule has 122 valence electrons. The van der Waals surface area contributed by atoms with Crippen molar-refractivity contribution in [1.82, 2.24) is 4.72 Å². The van der Waals surface area contributed by atoms with Crippen molar-refractivity contribution in [2.45, 2.75) is 31.2 Å². The van der Waals surface area contributed by atoms with Gasteiger partial charge in [0.05, 0.1) is 12.0 Å². The fraction of sp³-hybridized carbons (Fsp3) is 0.538. The first-order chi connectivity index (χ1) is 9.30. The van der Waals surface area contributed by atoms with Crippen molar-refractivity contribution in [3.8, 4) is 5.75 Å². The van der Waals surface area contributed by atoms with E-state index in [9.17, 15) is 12.8 Å². The lowest BCUT2D eigenvalue weighted by Crippen LogP contribution is -2.41. The predicted molar refractivity (Wildman–Crippen MR) is 82.8 cm³/mol. The van der Waals surface area contributed by atoms with E-state index in [1.165, 1.54) is 19.2 Å². The zero-order valence-corrected chi connectivity index (χ0v) is 13.9. The van der Waals surface area contributed by atoms with Crippen LogP contribution in [0.3, 0.4) is 0 Å². The normalized spacial score (nSPS) is 12.9. The van der Waals surface area contributed by atoms with Gasteiger partial charge in [-0.15, -0.1) is 12.4 Å². The zero-order valence-electron chi connectivity index (χ0n) is 12.3. The molecule has 0 spiro atoms. The molecular formula is C13H22ClFN2O3S. The lowest BCUT2D eigenvalue weighted by molar-refractivity contribution is 0.385. The van der Waals surface area contributed by atoms with E-state index in [-0.39, 0.29) is 35.6 Å². The number of nitrogens with one attached hydrogen (secondary N) is 1. The van der Waals surface area contributed by atoms with Crippen LogP contribution in [0.4, 0.5) is 4.39 Å². The van der Waals surface area contributed by atoms with Gasteiger partial charge in [-0.2, -0.15) is 0 Å². The summed E-state index contributed by atoms with van der Waals surface area (Å²) in [6, 6.07) is 3.14. The minimum absolute atomic E-state index is 0. The average Bonchev–Trinajstić information content (AvgIpc) is 2.36. The molecule has 1 rings (SSSR count). The lowest BCUT2D eigenvalue weighted by atomic mass is 10.1. The van der Waals surface area contributed by atoms with Gasteiger partial charge in [0.15, 0.2) is 11.6 Å². The number of hydrogen-bond donors (Lipinski definition) is 2. The first kappa shape index (κ1) is 20.1. The third-order valence-corrected chi connectivity index (χ3v) is 4.31. The number of benzene rings is 1. The van der Waals surface area contributed by atoms with Gasteiger partial charge in [0.1, 0.15) is 0 Å². The molecule has 0 fully saturated rings. The van der Waals surface area contributed by atoms with E-state index >= 15 is 0 Å². The summed E-state index contributed by atoms with van der Waals surface area (Å²) in [6.45, 7) is 4.14. The van der Waals surface area contributed by atoms with Crippen molar-refractivity contribution in [2.24, 2.45) is 11.7 Å². The Morgan fingerprint density at radius 1 is 1.38 bits per heavy atom. The highest BCUT2D eigenvalue weighted by Gasteiger charge is 2.21. The number of halogens is 2. The van der Waals surface area contributed by atoms with Crippen LogP contribution in [0.15, 0.2) is 23.1 Å². The minimum atomic E-state index is -3.79. The lowest BCUT2D eigenvalue weighted by Gasteiger charge is -2.19. The summed E-state index contributed by atoms with van der Waals surface area (Å²) in [7, 11) is -2.47. The Morgan fingerprint density at radius 2 is 2.00 bits per heavy atom. The largest absolute Gasteiger partial charge is 0.494 e. The average molecular weight is 341 g/mol. The number of ether oxygens (including phenoxy) is 1. The topological polar surface area (TPSA) is 81.4 Å². The number of sulfonamides is 1. The van der Waals surface area contributed by atoms with Crippen molar-refractivity contribution in [1.29, 1.82) is 0 Å². The summed E-state index contributed by atoms with van der Waals surface area (Å²) in [6.07, 6.45) is 0.619. The molecule has 0 aliphatic rings. The Labute approximate surface area is 131 Å². The fourth-order valence-electron chi connectivity index (χ4n) is 1.86. The van der Waals surface area contributed by atoms with Crippen LogP contribution in [0.2, 0.25) is 0 Å². The molecule has 0 heterocycles. The molecule has 0 aromatic heterocycles. The maximum Gasteiger partial charge on any atom is 0.240 e. The van der Waals surface area contributed by atoms with E-state index in [0.29, 0.717) is 12.3 Å².